The Balaban J connectivity index is 1.77. The summed E-state index contributed by atoms with van der Waals surface area (Å²) >= 11 is 0. The van der Waals surface area contributed by atoms with Gasteiger partial charge in [-0.05, 0) is 67.5 Å². The molecule has 176 valence electrons. The maximum atomic E-state index is 13.1. The summed E-state index contributed by atoms with van der Waals surface area (Å²) in [6.45, 7) is 2.17. The van der Waals surface area contributed by atoms with Crippen LogP contribution in [0.1, 0.15) is 89.6 Å². The van der Waals surface area contributed by atoms with E-state index in [0.717, 1.165) is 50.5 Å². The van der Waals surface area contributed by atoms with Crippen LogP contribution in [0.3, 0.4) is 0 Å². The number of aryl methyl sites for hydroxylation is 1. The molecule has 1 fully saturated rings. The highest BCUT2D eigenvalue weighted by atomic mass is 16.6. The van der Waals surface area contributed by atoms with E-state index in [1.807, 2.05) is 30.3 Å². The molecular formula is C30H32O4. The molecule has 3 aromatic rings. The molecule has 0 aromatic heterocycles. The van der Waals surface area contributed by atoms with Gasteiger partial charge >= 0.3 is 11.9 Å². The molecule has 0 radical (unpaired) electrons. The van der Waals surface area contributed by atoms with Gasteiger partial charge in [0, 0.05) is 5.56 Å². The van der Waals surface area contributed by atoms with Crippen LogP contribution in [-0.4, -0.2) is 11.9 Å². The topological polar surface area (TPSA) is 52.6 Å². The van der Waals surface area contributed by atoms with Crippen LogP contribution in [0.4, 0.5) is 0 Å². The van der Waals surface area contributed by atoms with E-state index in [1.54, 1.807) is 42.5 Å². The quantitative estimate of drug-likeness (QED) is 0.260. The van der Waals surface area contributed by atoms with Gasteiger partial charge in [-0.3, -0.25) is 0 Å². The first-order chi connectivity index (χ1) is 16.7. The average molecular weight is 457 g/mol. The fraction of sp³-hybridized carbons (Fsp3) is 0.333. The first kappa shape index (κ1) is 23.7. The summed E-state index contributed by atoms with van der Waals surface area (Å²) in [4.78, 5) is 26.0. The summed E-state index contributed by atoms with van der Waals surface area (Å²) in [6.07, 6.45) is 8.66. The minimum absolute atomic E-state index is 0.287. The molecule has 1 aliphatic rings. The van der Waals surface area contributed by atoms with E-state index in [9.17, 15) is 9.59 Å². The molecule has 0 aliphatic heterocycles. The Morgan fingerprint density at radius 3 is 1.94 bits per heavy atom. The van der Waals surface area contributed by atoms with Crippen molar-refractivity contribution in [3.05, 3.63) is 95.1 Å². The highest BCUT2D eigenvalue weighted by Gasteiger charge is 2.28. The number of hydrogen-bond acceptors (Lipinski definition) is 4. The highest BCUT2D eigenvalue weighted by Crippen LogP contribution is 2.45. The zero-order valence-corrected chi connectivity index (χ0v) is 19.8. The number of carbonyl (C=O) groups is 2. The predicted octanol–water partition coefficient (Wildman–Crippen LogP) is 7.52. The fourth-order valence-corrected chi connectivity index (χ4v) is 4.69. The van der Waals surface area contributed by atoms with E-state index in [-0.39, 0.29) is 5.92 Å². The summed E-state index contributed by atoms with van der Waals surface area (Å²) < 4.78 is 11.9. The van der Waals surface area contributed by atoms with Crippen LogP contribution in [-0.2, 0) is 6.42 Å². The van der Waals surface area contributed by atoms with Gasteiger partial charge in [0.15, 0.2) is 11.5 Å². The summed E-state index contributed by atoms with van der Waals surface area (Å²) in [5.74, 6) is 0.0861. The minimum atomic E-state index is -0.464. The molecule has 0 bridgehead atoms. The zero-order valence-electron chi connectivity index (χ0n) is 19.8. The van der Waals surface area contributed by atoms with Gasteiger partial charge < -0.3 is 9.47 Å². The molecule has 1 aliphatic carbocycles. The Labute approximate surface area is 201 Å². The molecule has 4 rings (SSSR count). The van der Waals surface area contributed by atoms with Crippen LogP contribution < -0.4 is 9.47 Å². The largest absolute Gasteiger partial charge is 0.419 e. The van der Waals surface area contributed by atoms with Crippen molar-refractivity contribution in [2.45, 2.75) is 64.2 Å². The monoisotopic (exact) mass is 456 g/mol. The van der Waals surface area contributed by atoms with Crippen molar-refractivity contribution in [3.8, 4) is 11.5 Å². The van der Waals surface area contributed by atoms with Crippen LogP contribution in [0.5, 0.6) is 11.5 Å². The second-order valence-electron chi connectivity index (χ2n) is 8.92. The lowest BCUT2D eigenvalue weighted by Gasteiger charge is -2.27. The first-order valence-electron chi connectivity index (χ1n) is 12.4. The number of benzene rings is 3. The Kier molecular flexibility index (Phi) is 8.13. The number of rotatable bonds is 8. The van der Waals surface area contributed by atoms with Gasteiger partial charge in [-0.15, -0.1) is 0 Å². The third-order valence-electron chi connectivity index (χ3n) is 6.48. The first-order valence-corrected chi connectivity index (χ1v) is 12.4. The minimum Gasteiger partial charge on any atom is -0.419 e. The number of esters is 2. The highest BCUT2D eigenvalue weighted by molar-refractivity contribution is 5.93. The van der Waals surface area contributed by atoms with Crippen molar-refractivity contribution in [2.75, 3.05) is 0 Å². The van der Waals surface area contributed by atoms with E-state index in [1.165, 1.54) is 12.0 Å². The van der Waals surface area contributed by atoms with Crippen LogP contribution in [0.25, 0.3) is 0 Å². The molecule has 1 saturated carbocycles. The molecule has 3 aromatic carbocycles. The second-order valence-corrected chi connectivity index (χ2v) is 8.92. The van der Waals surface area contributed by atoms with Crippen LogP contribution in [0.2, 0.25) is 0 Å². The van der Waals surface area contributed by atoms with Crippen LogP contribution in [0.15, 0.2) is 72.8 Å². The van der Waals surface area contributed by atoms with Crippen molar-refractivity contribution in [1.29, 1.82) is 0 Å². The van der Waals surface area contributed by atoms with E-state index in [0.29, 0.717) is 22.6 Å². The molecule has 34 heavy (non-hydrogen) atoms. The third-order valence-corrected chi connectivity index (χ3v) is 6.48. The molecule has 0 spiro atoms. The number of hydrogen-bond donors (Lipinski definition) is 0. The van der Waals surface area contributed by atoms with Gasteiger partial charge in [0.1, 0.15) is 0 Å². The fourth-order valence-electron chi connectivity index (χ4n) is 4.69. The molecular weight excluding hydrogens is 424 g/mol. The van der Waals surface area contributed by atoms with Gasteiger partial charge in [0.2, 0.25) is 0 Å². The Hall–Kier alpha value is -3.40. The van der Waals surface area contributed by atoms with Gasteiger partial charge in [-0.1, -0.05) is 75.1 Å². The molecule has 0 heterocycles. The normalized spacial score (nSPS) is 13.9. The van der Waals surface area contributed by atoms with E-state index >= 15 is 0 Å². The van der Waals surface area contributed by atoms with E-state index in [2.05, 4.69) is 6.92 Å². The van der Waals surface area contributed by atoms with Crippen molar-refractivity contribution in [2.24, 2.45) is 0 Å². The molecule has 0 atom stereocenters. The average Bonchev–Trinajstić information content (AvgIpc) is 2.90. The predicted molar refractivity (Wildman–Crippen MR) is 134 cm³/mol. The van der Waals surface area contributed by atoms with Crippen LogP contribution in [0, 0.1) is 0 Å². The Morgan fingerprint density at radius 1 is 0.765 bits per heavy atom. The number of unbranched alkanes of at least 4 members (excludes halogenated alkanes) is 1. The maximum Gasteiger partial charge on any atom is 0.343 e. The molecule has 0 N–H and O–H groups in total. The molecule has 0 amide bonds. The lowest BCUT2D eigenvalue weighted by atomic mass is 9.80. The Morgan fingerprint density at radius 2 is 1.35 bits per heavy atom. The lowest BCUT2D eigenvalue weighted by Crippen LogP contribution is -2.17. The zero-order chi connectivity index (χ0) is 23.8. The van der Waals surface area contributed by atoms with Crippen molar-refractivity contribution in [3.63, 3.8) is 0 Å². The van der Waals surface area contributed by atoms with Gasteiger partial charge in [0.05, 0.1) is 11.1 Å². The summed E-state index contributed by atoms with van der Waals surface area (Å²) in [5, 5.41) is 0. The van der Waals surface area contributed by atoms with Gasteiger partial charge in [-0.2, -0.15) is 0 Å². The van der Waals surface area contributed by atoms with Crippen molar-refractivity contribution in [1.82, 2.24) is 0 Å². The van der Waals surface area contributed by atoms with E-state index < -0.39 is 11.9 Å². The number of ether oxygens (including phenoxy) is 2. The lowest BCUT2D eigenvalue weighted by molar-refractivity contribution is 0.0680. The van der Waals surface area contributed by atoms with Gasteiger partial charge in [0.25, 0.3) is 0 Å². The SMILES string of the molecule is CCCCc1ccc(OC(=O)c2ccccc2)c(OC(=O)c2ccccc2)c1C1CCCCC1. The standard InChI is InChI=1S/C30H32O4/c1-2-3-13-23-20-21-26(33-29(31)24-16-9-5-10-17-24)28(27(23)22-14-7-4-8-15-22)34-30(32)25-18-11-6-12-19-25/h5-6,9-12,16-22H,2-4,7-8,13-15H2,1H3. The smallest absolute Gasteiger partial charge is 0.343 e. The molecule has 0 saturated heterocycles. The van der Waals surface area contributed by atoms with E-state index in [4.69, 9.17) is 9.47 Å². The van der Waals surface area contributed by atoms with Crippen LogP contribution >= 0.6 is 0 Å². The number of carbonyl (C=O) groups excluding carboxylic acids is 2. The summed E-state index contributed by atoms with van der Waals surface area (Å²) in [5.41, 5.74) is 3.15. The molecule has 0 unspecified atom stereocenters. The Bertz CT molecular complexity index is 1100. The maximum absolute atomic E-state index is 13.1. The van der Waals surface area contributed by atoms with Gasteiger partial charge in [-0.25, -0.2) is 9.59 Å². The molecule has 4 nitrogen and oxygen atoms in total. The third kappa shape index (κ3) is 5.74. The van der Waals surface area contributed by atoms with Crippen molar-refractivity contribution >= 4 is 11.9 Å². The summed E-state index contributed by atoms with van der Waals surface area (Å²) in [7, 11) is 0. The second kappa shape index (κ2) is 11.6. The van der Waals surface area contributed by atoms with Crippen molar-refractivity contribution < 1.29 is 19.1 Å². The summed E-state index contributed by atoms with van der Waals surface area (Å²) in [6, 6.07) is 21.7. The molecule has 4 heteroatoms.